The van der Waals surface area contributed by atoms with E-state index in [0.717, 1.165) is 17.5 Å². The van der Waals surface area contributed by atoms with E-state index in [-0.39, 0.29) is 18.0 Å². The first-order valence-electron chi connectivity index (χ1n) is 7.72. The Labute approximate surface area is 137 Å². The zero-order valence-corrected chi connectivity index (χ0v) is 13.6. The summed E-state index contributed by atoms with van der Waals surface area (Å²) >= 11 is 0. The summed E-state index contributed by atoms with van der Waals surface area (Å²) in [5.41, 5.74) is 1.06. The predicted octanol–water partition coefficient (Wildman–Crippen LogP) is 2.07. The van der Waals surface area contributed by atoms with Crippen molar-refractivity contribution in [2.75, 3.05) is 6.54 Å². The lowest BCUT2D eigenvalue weighted by molar-refractivity contribution is -0.151. The number of alkyl halides is 3. The molecule has 0 aliphatic carbocycles. The van der Waals surface area contributed by atoms with Crippen LogP contribution < -0.4 is 0 Å². The molecule has 0 bridgehead atoms. The number of amides is 1. The third kappa shape index (κ3) is 4.07. The highest BCUT2D eigenvalue weighted by Gasteiger charge is 2.33. The Balaban J connectivity index is 2.18. The van der Waals surface area contributed by atoms with Gasteiger partial charge in [-0.2, -0.15) is 18.3 Å². The molecule has 1 atom stereocenters. The van der Waals surface area contributed by atoms with Crippen LogP contribution in [0, 0.1) is 13.8 Å². The first-order chi connectivity index (χ1) is 11.1. The summed E-state index contributed by atoms with van der Waals surface area (Å²) in [6, 6.07) is -0.864. The van der Waals surface area contributed by atoms with Gasteiger partial charge in [-0.3, -0.25) is 9.48 Å². The van der Waals surface area contributed by atoms with Gasteiger partial charge in [-0.15, -0.1) is 0 Å². The van der Waals surface area contributed by atoms with E-state index in [2.05, 4.69) is 5.10 Å². The molecule has 1 fully saturated rings. The van der Waals surface area contributed by atoms with E-state index in [4.69, 9.17) is 0 Å². The third-order valence-electron chi connectivity index (χ3n) is 4.30. The topological polar surface area (TPSA) is 75.4 Å². The van der Waals surface area contributed by atoms with Crippen LogP contribution >= 0.6 is 0 Å². The first kappa shape index (κ1) is 18.3. The summed E-state index contributed by atoms with van der Waals surface area (Å²) in [4.78, 5) is 25.1. The van der Waals surface area contributed by atoms with E-state index < -0.39 is 24.7 Å². The molecule has 0 unspecified atom stereocenters. The minimum absolute atomic E-state index is 0.140. The van der Waals surface area contributed by atoms with Gasteiger partial charge in [0.25, 0.3) is 0 Å². The molecule has 1 aromatic rings. The number of aliphatic carboxylic acids is 1. The number of carbonyl (C=O) groups excluding carboxylic acids is 1. The van der Waals surface area contributed by atoms with Crippen molar-refractivity contribution < 1.29 is 27.9 Å². The number of rotatable bonds is 4. The van der Waals surface area contributed by atoms with Gasteiger partial charge >= 0.3 is 12.1 Å². The van der Waals surface area contributed by atoms with Gasteiger partial charge in [-0.1, -0.05) is 0 Å². The summed E-state index contributed by atoms with van der Waals surface area (Å²) in [5, 5.41) is 13.1. The Kier molecular flexibility index (Phi) is 5.19. The van der Waals surface area contributed by atoms with Crippen molar-refractivity contribution >= 4 is 11.9 Å². The number of carboxylic acid groups (broad SMARTS) is 1. The van der Waals surface area contributed by atoms with E-state index in [1.807, 2.05) is 0 Å². The van der Waals surface area contributed by atoms with E-state index in [0.29, 0.717) is 24.2 Å². The van der Waals surface area contributed by atoms with Crippen LogP contribution in [0.2, 0.25) is 0 Å². The Bertz CT molecular complexity index is 640. The van der Waals surface area contributed by atoms with Crippen LogP contribution in [0.15, 0.2) is 0 Å². The molecule has 1 N–H and O–H groups in total. The molecule has 24 heavy (non-hydrogen) atoms. The van der Waals surface area contributed by atoms with Gasteiger partial charge in [0.15, 0.2) is 0 Å². The van der Waals surface area contributed by atoms with Gasteiger partial charge in [-0.05, 0) is 33.1 Å². The van der Waals surface area contributed by atoms with Gasteiger partial charge in [0.05, 0.1) is 12.1 Å². The fourth-order valence-electron chi connectivity index (χ4n) is 3.05. The van der Waals surface area contributed by atoms with Crippen LogP contribution in [-0.2, 0) is 22.6 Å². The molecular weight excluding hydrogens is 327 g/mol. The number of carbonyl (C=O) groups is 2. The monoisotopic (exact) mass is 347 g/mol. The average molecular weight is 347 g/mol. The Morgan fingerprint density at radius 1 is 1.29 bits per heavy atom. The summed E-state index contributed by atoms with van der Waals surface area (Å²) < 4.78 is 38.5. The van der Waals surface area contributed by atoms with Crippen molar-refractivity contribution in [3.63, 3.8) is 0 Å². The maximum absolute atomic E-state index is 12.6. The van der Waals surface area contributed by atoms with Gasteiger partial charge in [0, 0.05) is 17.8 Å². The molecule has 2 rings (SSSR count). The molecule has 1 saturated heterocycles. The van der Waals surface area contributed by atoms with Crippen LogP contribution in [0.3, 0.4) is 0 Å². The molecule has 1 amide bonds. The second-order valence-electron chi connectivity index (χ2n) is 6.04. The molecule has 134 valence electrons. The fourth-order valence-corrected chi connectivity index (χ4v) is 3.05. The summed E-state index contributed by atoms with van der Waals surface area (Å²) in [6.07, 6.45) is -2.68. The Morgan fingerprint density at radius 3 is 2.54 bits per heavy atom. The zero-order valence-electron chi connectivity index (χ0n) is 13.6. The Hall–Kier alpha value is -2.06. The van der Waals surface area contributed by atoms with Crippen molar-refractivity contribution in [3.05, 3.63) is 17.0 Å². The van der Waals surface area contributed by atoms with Crippen LogP contribution in [-0.4, -0.2) is 50.4 Å². The van der Waals surface area contributed by atoms with Crippen molar-refractivity contribution in [2.24, 2.45) is 0 Å². The first-order valence-corrected chi connectivity index (χ1v) is 7.72. The lowest BCUT2D eigenvalue weighted by Gasteiger charge is -2.33. The van der Waals surface area contributed by atoms with Gasteiger partial charge < -0.3 is 10.0 Å². The maximum atomic E-state index is 12.6. The molecule has 1 aliphatic rings. The van der Waals surface area contributed by atoms with Crippen molar-refractivity contribution in [1.82, 2.24) is 14.7 Å². The minimum Gasteiger partial charge on any atom is -0.480 e. The van der Waals surface area contributed by atoms with E-state index in [1.54, 1.807) is 6.92 Å². The van der Waals surface area contributed by atoms with Crippen LogP contribution in [0.5, 0.6) is 0 Å². The molecule has 0 spiro atoms. The highest BCUT2D eigenvalue weighted by molar-refractivity contribution is 5.85. The third-order valence-corrected chi connectivity index (χ3v) is 4.30. The number of nitrogens with zero attached hydrogens (tertiary/aromatic N) is 3. The fraction of sp³-hybridized carbons (Fsp3) is 0.667. The largest absolute Gasteiger partial charge is 0.480 e. The number of hydrogen-bond donors (Lipinski definition) is 1. The van der Waals surface area contributed by atoms with E-state index >= 15 is 0 Å². The number of likely N-dealkylation sites (tertiary alicyclic amines) is 1. The van der Waals surface area contributed by atoms with Crippen LogP contribution in [0.1, 0.15) is 36.2 Å². The molecule has 0 saturated carbocycles. The Morgan fingerprint density at radius 2 is 1.96 bits per heavy atom. The second kappa shape index (κ2) is 6.82. The number of carboxylic acids is 1. The standard InChI is InChI=1S/C15H20F3N3O3/c1-9-11(10(2)21(19-9)8-15(16,17)18)7-13(22)20-6-4-3-5-12(20)14(23)24/h12H,3-8H2,1-2H3,(H,23,24)/t12-/m1/s1. The van der Waals surface area contributed by atoms with Crippen molar-refractivity contribution in [2.45, 2.75) is 58.3 Å². The van der Waals surface area contributed by atoms with Gasteiger partial charge in [0.2, 0.25) is 5.91 Å². The molecule has 0 radical (unpaired) electrons. The molecule has 1 aromatic heterocycles. The number of piperidine rings is 1. The maximum Gasteiger partial charge on any atom is 0.408 e. The summed E-state index contributed by atoms with van der Waals surface area (Å²) in [5.74, 6) is -1.44. The summed E-state index contributed by atoms with van der Waals surface area (Å²) in [6.45, 7) is 2.17. The molecule has 6 nitrogen and oxygen atoms in total. The number of aromatic nitrogens is 2. The van der Waals surface area contributed by atoms with Crippen molar-refractivity contribution in [3.8, 4) is 0 Å². The SMILES string of the molecule is Cc1nn(CC(F)(F)F)c(C)c1CC(=O)N1CCCC[C@@H]1C(=O)O. The molecular formula is C15H20F3N3O3. The van der Waals surface area contributed by atoms with Gasteiger partial charge in [-0.25, -0.2) is 4.79 Å². The molecule has 0 aromatic carbocycles. The number of halogens is 3. The quantitative estimate of drug-likeness (QED) is 0.905. The van der Waals surface area contributed by atoms with E-state index in [9.17, 15) is 27.9 Å². The molecule has 1 aliphatic heterocycles. The van der Waals surface area contributed by atoms with Crippen molar-refractivity contribution in [1.29, 1.82) is 0 Å². The van der Waals surface area contributed by atoms with Crippen LogP contribution in [0.4, 0.5) is 13.2 Å². The zero-order chi connectivity index (χ0) is 18.1. The highest BCUT2D eigenvalue weighted by Crippen LogP contribution is 2.23. The van der Waals surface area contributed by atoms with Crippen LogP contribution in [0.25, 0.3) is 0 Å². The lowest BCUT2D eigenvalue weighted by Crippen LogP contribution is -2.48. The molecule has 2 heterocycles. The second-order valence-corrected chi connectivity index (χ2v) is 6.04. The number of aryl methyl sites for hydroxylation is 1. The molecule has 9 heteroatoms. The highest BCUT2D eigenvalue weighted by atomic mass is 19.4. The van der Waals surface area contributed by atoms with Gasteiger partial charge in [0.1, 0.15) is 12.6 Å². The van der Waals surface area contributed by atoms with E-state index in [1.165, 1.54) is 11.8 Å². The summed E-state index contributed by atoms with van der Waals surface area (Å²) in [7, 11) is 0. The average Bonchev–Trinajstić information content (AvgIpc) is 2.72. The normalized spacial score (nSPS) is 18.7. The lowest BCUT2D eigenvalue weighted by atomic mass is 10.0. The predicted molar refractivity (Wildman–Crippen MR) is 78.4 cm³/mol. The minimum atomic E-state index is -4.40. The smallest absolute Gasteiger partial charge is 0.408 e. The number of hydrogen-bond acceptors (Lipinski definition) is 3.